The molecule has 182 valence electrons. The van der Waals surface area contributed by atoms with Gasteiger partial charge in [0.15, 0.2) is 0 Å². The van der Waals surface area contributed by atoms with Crippen LogP contribution in [0.5, 0.6) is 0 Å². The Morgan fingerprint density at radius 3 is 2.03 bits per heavy atom. The van der Waals surface area contributed by atoms with E-state index in [1.165, 1.54) is 0 Å². The van der Waals surface area contributed by atoms with E-state index in [1.54, 1.807) is 0 Å². The third kappa shape index (κ3) is 5.41. The number of ether oxygens (including phenoxy) is 1. The summed E-state index contributed by atoms with van der Waals surface area (Å²) in [6.45, 7) is 5.73. The van der Waals surface area contributed by atoms with Crippen molar-refractivity contribution < 1.29 is 24.2 Å². The van der Waals surface area contributed by atoms with Crippen LogP contribution in [0, 0.1) is 0 Å². The van der Waals surface area contributed by atoms with Gasteiger partial charge in [-0.05, 0) is 41.5 Å². The predicted octanol–water partition coefficient (Wildman–Crippen LogP) is 4.84. The van der Waals surface area contributed by atoms with Crippen LogP contribution in [0.15, 0.2) is 48.5 Å². The number of aliphatic carboxylic acids is 1. The lowest BCUT2D eigenvalue weighted by Gasteiger charge is -2.33. The first-order valence-corrected chi connectivity index (χ1v) is 12.0. The maximum Gasteiger partial charge on any atom is 0.408 e. The molecule has 0 aliphatic heterocycles. The van der Waals surface area contributed by atoms with Crippen LogP contribution >= 0.6 is 0 Å². The van der Waals surface area contributed by atoms with E-state index >= 15 is 0 Å². The molecule has 3 rings (SSSR count). The van der Waals surface area contributed by atoms with E-state index in [0.717, 1.165) is 28.7 Å². The minimum absolute atomic E-state index is 0.0749. The molecule has 0 spiro atoms. The zero-order valence-corrected chi connectivity index (χ0v) is 20.1. The molecule has 1 aliphatic carbocycles. The van der Waals surface area contributed by atoms with Gasteiger partial charge in [0.1, 0.15) is 12.1 Å². The number of carboxylic acids is 1. The summed E-state index contributed by atoms with van der Waals surface area (Å²) >= 11 is 0. The zero-order valence-electron chi connectivity index (χ0n) is 20.1. The Kier molecular flexibility index (Phi) is 8.31. The smallest absolute Gasteiger partial charge is 0.408 e. The largest absolute Gasteiger partial charge is 0.481 e. The van der Waals surface area contributed by atoms with Crippen molar-refractivity contribution in [3.8, 4) is 11.1 Å². The molecule has 0 saturated heterocycles. The van der Waals surface area contributed by atoms with E-state index in [0.29, 0.717) is 19.3 Å². The number of carboxylic acid groups (broad SMARTS) is 1. The number of amides is 2. The van der Waals surface area contributed by atoms with Crippen LogP contribution in [0.2, 0.25) is 0 Å². The maximum atomic E-state index is 13.1. The molecule has 3 N–H and O–H groups in total. The Hall–Kier alpha value is -3.35. The molecule has 34 heavy (non-hydrogen) atoms. The first-order valence-electron chi connectivity index (χ1n) is 12.0. The van der Waals surface area contributed by atoms with Gasteiger partial charge in [-0.3, -0.25) is 9.59 Å². The fraction of sp³-hybridized carbons (Fsp3) is 0.444. The van der Waals surface area contributed by atoms with Crippen molar-refractivity contribution in [2.75, 3.05) is 6.61 Å². The van der Waals surface area contributed by atoms with Gasteiger partial charge in [-0.25, -0.2) is 4.79 Å². The van der Waals surface area contributed by atoms with E-state index < -0.39 is 23.6 Å². The van der Waals surface area contributed by atoms with E-state index in [1.807, 2.05) is 57.2 Å². The van der Waals surface area contributed by atoms with Crippen molar-refractivity contribution in [1.82, 2.24) is 10.6 Å². The SMILES string of the molecule is CCC[C@H](CC(=O)O)NC(=O)C(CC)(CC)NC(=O)OCC1c2ccccc2-c2ccccc21. The normalized spacial score (nSPS) is 13.5. The number of hydrogen-bond acceptors (Lipinski definition) is 4. The number of rotatable bonds is 11. The van der Waals surface area contributed by atoms with Crippen molar-refractivity contribution in [2.24, 2.45) is 0 Å². The summed E-state index contributed by atoms with van der Waals surface area (Å²) in [6.07, 6.45) is 1.17. The van der Waals surface area contributed by atoms with Crippen molar-refractivity contribution in [3.05, 3.63) is 59.7 Å². The molecule has 0 unspecified atom stereocenters. The Morgan fingerprint density at radius 2 is 1.53 bits per heavy atom. The summed E-state index contributed by atoms with van der Waals surface area (Å²) < 4.78 is 5.64. The highest BCUT2D eigenvalue weighted by molar-refractivity contribution is 5.90. The topological polar surface area (TPSA) is 105 Å². The molecule has 2 aromatic rings. The summed E-state index contributed by atoms with van der Waals surface area (Å²) in [5, 5.41) is 14.8. The number of nitrogens with one attached hydrogen (secondary N) is 2. The molecular weight excluding hydrogens is 432 g/mol. The highest BCUT2D eigenvalue weighted by Crippen LogP contribution is 2.44. The quantitative estimate of drug-likeness (QED) is 0.439. The van der Waals surface area contributed by atoms with Gasteiger partial charge in [-0.15, -0.1) is 0 Å². The fourth-order valence-corrected chi connectivity index (χ4v) is 4.74. The lowest BCUT2D eigenvalue weighted by Crippen LogP contribution is -2.60. The Balaban J connectivity index is 1.69. The molecule has 0 radical (unpaired) electrons. The highest BCUT2D eigenvalue weighted by Gasteiger charge is 2.38. The van der Waals surface area contributed by atoms with Gasteiger partial charge >= 0.3 is 12.1 Å². The molecule has 0 fully saturated rings. The van der Waals surface area contributed by atoms with Crippen LogP contribution < -0.4 is 10.6 Å². The highest BCUT2D eigenvalue weighted by atomic mass is 16.5. The summed E-state index contributed by atoms with van der Waals surface area (Å²) in [5.41, 5.74) is 3.34. The van der Waals surface area contributed by atoms with Crippen LogP contribution in [0.25, 0.3) is 11.1 Å². The third-order valence-electron chi connectivity index (χ3n) is 6.72. The number of alkyl carbamates (subject to hydrolysis) is 1. The second-order valence-corrected chi connectivity index (χ2v) is 8.80. The molecule has 7 nitrogen and oxygen atoms in total. The molecule has 0 heterocycles. The molecule has 2 amide bonds. The van der Waals surface area contributed by atoms with E-state index in [4.69, 9.17) is 9.84 Å². The monoisotopic (exact) mass is 466 g/mol. The lowest BCUT2D eigenvalue weighted by molar-refractivity contribution is -0.138. The average molecular weight is 467 g/mol. The molecule has 1 atom stereocenters. The van der Waals surface area contributed by atoms with Crippen molar-refractivity contribution >= 4 is 18.0 Å². The third-order valence-corrected chi connectivity index (χ3v) is 6.72. The molecular formula is C27H34N2O5. The second kappa shape index (κ2) is 11.2. The standard InChI is InChI=1S/C27H34N2O5/c1-4-11-18(16-24(30)31)28-25(32)27(5-2,6-3)29-26(33)34-17-23-21-14-9-7-12-19(21)20-13-8-10-15-22(20)23/h7-10,12-15,18,23H,4-6,11,16-17H2,1-3H3,(H,28,32)(H,29,33)(H,30,31)/t18-/m1/s1. The van der Waals surface area contributed by atoms with Gasteiger partial charge in [0.05, 0.1) is 6.42 Å². The molecule has 1 aliphatic rings. The van der Waals surface area contributed by atoms with Crippen LogP contribution in [-0.2, 0) is 14.3 Å². The van der Waals surface area contributed by atoms with Crippen LogP contribution in [0.4, 0.5) is 4.79 Å². The lowest BCUT2D eigenvalue weighted by atomic mass is 9.91. The number of carbonyl (C=O) groups is 3. The van der Waals surface area contributed by atoms with E-state index in [9.17, 15) is 14.4 Å². The molecule has 7 heteroatoms. The van der Waals surface area contributed by atoms with Gasteiger partial charge in [-0.2, -0.15) is 0 Å². The van der Waals surface area contributed by atoms with Crippen molar-refractivity contribution in [1.29, 1.82) is 0 Å². The fourth-order valence-electron chi connectivity index (χ4n) is 4.74. The second-order valence-electron chi connectivity index (χ2n) is 8.80. The van der Waals surface area contributed by atoms with Gasteiger partial charge in [-0.1, -0.05) is 75.7 Å². The van der Waals surface area contributed by atoms with Gasteiger partial charge in [0, 0.05) is 12.0 Å². The number of hydrogen-bond donors (Lipinski definition) is 3. The molecule has 0 aromatic heterocycles. The Labute approximate surface area is 200 Å². The van der Waals surface area contributed by atoms with Gasteiger partial charge < -0.3 is 20.5 Å². The van der Waals surface area contributed by atoms with Crippen LogP contribution in [-0.4, -0.2) is 41.3 Å². The van der Waals surface area contributed by atoms with E-state index in [-0.39, 0.29) is 24.9 Å². The molecule has 0 saturated carbocycles. The zero-order chi connectivity index (χ0) is 24.7. The summed E-state index contributed by atoms with van der Waals surface area (Å²) in [6, 6.07) is 15.7. The van der Waals surface area contributed by atoms with E-state index in [2.05, 4.69) is 22.8 Å². The first-order chi connectivity index (χ1) is 16.3. The summed E-state index contributed by atoms with van der Waals surface area (Å²) in [4.78, 5) is 37.2. The first kappa shape index (κ1) is 25.3. The minimum Gasteiger partial charge on any atom is -0.481 e. The minimum atomic E-state index is -1.17. The van der Waals surface area contributed by atoms with Crippen molar-refractivity contribution in [2.45, 2.75) is 70.4 Å². The van der Waals surface area contributed by atoms with Crippen molar-refractivity contribution in [3.63, 3.8) is 0 Å². The van der Waals surface area contributed by atoms with Gasteiger partial charge in [0.2, 0.25) is 5.91 Å². The molecule has 2 aromatic carbocycles. The van der Waals surface area contributed by atoms with Crippen LogP contribution in [0.1, 0.15) is 69.9 Å². The molecule has 0 bridgehead atoms. The Bertz CT molecular complexity index is 986. The Morgan fingerprint density at radius 1 is 0.971 bits per heavy atom. The van der Waals surface area contributed by atoms with Gasteiger partial charge in [0.25, 0.3) is 0 Å². The van der Waals surface area contributed by atoms with Crippen LogP contribution in [0.3, 0.4) is 0 Å². The number of benzene rings is 2. The average Bonchev–Trinajstić information content (AvgIpc) is 3.14. The summed E-state index contributed by atoms with van der Waals surface area (Å²) in [5.74, 6) is -1.43. The maximum absolute atomic E-state index is 13.1. The summed E-state index contributed by atoms with van der Waals surface area (Å²) in [7, 11) is 0. The number of fused-ring (bicyclic) bond motifs is 3. The predicted molar refractivity (Wildman–Crippen MR) is 131 cm³/mol. The number of carbonyl (C=O) groups excluding carboxylic acids is 2.